The molecule has 0 saturated carbocycles. The molecule has 130 heavy (non-hydrogen) atoms. The van der Waals surface area contributed by atoms with E-state index in [1.165, 1.54) is 87.2 Å². The lowest BCUT2D eigenvalue weighted by Crippen LogP contribution is -1.99. The van der Waals surface area contributed by atoms with Crippen molar-refractivity contribution in [1.29, 1.82) is 0 Å². The van der Waals surface area contributed by atoms with Gasteiger partial charge in [0.25, 0.3) is 0 Å². The zero-order valence-corrected chi connectivity index (χ0v) is 70.5. The van der Waals surface area contributed by atoms with E-state index >= 15 is 0 Å². The van der Waals surface area contributed by atoms with Crippen LogP contribution in [0.4, 0.5) is 0 Å². The third kappa shape index (κ3) is 11.4. The van der Waals surface area contributed by atoms with Gasteiger partial charge < -0.3 is 27.4 Å². The monoisotopic (exact) mass is 1650 g/mol. The van der Waals surface area contributed by atoms with Crippen LogP contribution in [0.1, 0.15) is 0 Å². The minimum Gasteiger partial charge on any atom is -0.309 e. The van der Waals surface area contributed by atoms with E-state index in [1.54, 1.807) is 0 Å². The van der Waals surface area contributed by atoms with E-state index in [0.29, 0.717) is 5.82 Å². The van der Waals surface area contributed by atoms with Crippen molar-refractivity contribution in [3.05, 3.63) is 461 Å². The molecule has 7 aromatic heterocycles. The standard InChI is InChI=1S/C122H76N8/c1-6-27-77(28-7-1)122-123-107(86-29-26-38-91(67-86)129-118-62-53-82(78-49-58-114-99(68-78)95-41-18-22-45-109(95)125(114)87-30-8-2-9-31-87)72-103(118)104-73-83(54-63-119(104)129)79-50-59-115-100(69-79)96-42-19-23-46-110(96)126(115)88-32-10-3-11-33-88)76-108(124-122)93-57-66-113(94-40-17-16-39-92(93)94)130-120-64-55-84(80-51-60-116-101(70-80)97-43-20-24-47-111(97)127(116)89-34-12-4-13-35-89)74-105(120)106-75-85(56-65-121(106)130)81-52-61-117-102(71-81)98-44-21-25-48-112(98)128(117)90-36-14-5-15-37-90/h1-76H. The van der Waals surface area contributed by atoms with Gasteiger partial charge in [-0.15, -0.1) is 0 Å². The lowest BCUT2D eigenvalue weighted by atomic mass is 9.98. The largest absolute Gasteiger partial charge is 0.309 e. The van der Waals surface area contributed by atoms with Crippen molar-refractivity contribution >= 4 is 142 Å². The van der Waals surface area contributed by atoms with Crippen molar-refractivity contribution in [2.75, 3.05) is 0 Å². The highest BCUT2D eigenvalue weighted by atomic mass is 15.0. The Morgan fingerprint density at radius 2 is 0.377 bits per heavy atom. The van der Waals surface area contributed by atoms with Crippen LogP contribution < -0.4 is 0 Å². The van der Waals surface area contributed by atoms with Crippen LogP contribution in [0.25, 0.3) is 254 Å². The van der Waals surface area contributed by atoms with Crippen LogP contribution in [0.2, 0.25) is 0 Å². The van der Waals surface area contributed by atoms with E-state index in [4.69, 9.17) is 9.97 Å². The second-order valence-corrected chi connectivity index (χ2v) is 34.3. The molecule has 0 radical (unpaired) electrons. The first-order valence-electron chi connectivity index (χ1n) is 44.6. The number of hydrogen-bond donors (Lipinski definition) is 0. The summed E-state index contributed by atoms with van der Waals surface area (Å²) >= 11 is 0. The van der Waals surface area contributed by atoms with Gasteiger partial charge in [0.2, 0.25) is 0 Å². The van der Waals surface area contributed by atoms with Gasteiger partial charge in [-0.3, -0.25) is 0 Å². The number of fused-ring (bicyclic) bond motifs is 19. The van der Waals surface area contributed by atoms with Gasteiger partial charge in [0, 0.05) is 115 Å². The molecule has 0 bridgehead atoms. The summed E-state index contributed by atoms with van der Waals surface area (Å²) in [4.78, 5) is 11.2. The molecule has 20 aromatic carbocycles. The molecule has 0 aliphatic rings. The predicted octanol–water partition coefficient (Wildman–Crippen LogP) is 31.9. The zero-order chi connectivity index (χ0) is 85.2. The molecule has 0 spiro atoms. The summed E-state index contributed by atoms with van der Waals surface area (Å²) in [6.45, 7) is 0. The number of hydrogen-bond acceptors (Lipinski definition) is 2. The Bertz CT molecular complexity index is 8920. The van der Waals surface area contributed by atoms with Crippen LogP contribution in [-0.2, 0) is 0 Å². The van der Waals surface area contributed by atoms with Crippen LogP contribution in [0.15, 0.2) is 461 Å². The van der Waals surface area contributed by atoms with Gasteiger partial charge in [0.15, 0.2) is 5.82 Å². The predicted molar refractivity (Wildman–Crippen MR) is 544 cm³/mol. The topological polar surface area (TPSA) is 55.4 Å². The van der Waals surface area contributed by atoms with Gasteiger partial charge in [0.1, 0.15) is 0 Å². The summed E-state index contributed by atoms with van der Waals surface area (Å²) in [5.74, 6) is 0.644. The average molecular weight is 1650 g/mol. The summed E-state index contributed by atoms with van der Waals surface area (Å²) in [6, 6.07) is 170. The highest BCUT2D eigenvalue weighted by molar-refractivity contribution is 6.19. The maximum absolute atomic E-state index is 5.61. The number of rotatable bonds is 13. The minimum absolute atomic E-state index is 0.644. The molecule has 0 aliphatic carbocycles. The van der Waals surface area contributed by atoms with Crippen molar-refractivity contribution in [3.63, 3.8) is 0 Å². The molecule has 0 N–H and O–H groups in total. The zero-order valence-electron chi connectivity index (χ0n) is 70.5. The lowest BCUT2D eigenvalue weighted by molar-refractivity contribution is 1.16. The Labute approximate surface area is 747 Å². The molecule has 604 valence electrons. The fourth-order valence-corrected chi connectivity index (χ4v) is 21.3. The minimum atomic E-state index is 0.644. The fraction of sp³-hybridized carbons (Fsp3) is 0. The molecule has 0 fully saturated rings. The number of nitrogens with zero attached hydrogens (tertiary/aromatic N) is 8. The molecular formula is C122H76N8. The molecule has 0 amide bonds. The van der Waals surface area contributed by atoms with E-state index < -0.39 is 0 Å². The molecule has 0 unspecified atom stereocenters. The summed E-state index contributed by atoms with van der Waals surface area (Å²) in [5, 5.41) is 16.6. The van der Waals surface area contributed by atoms with Gasteiger partial charge in [-0.1, -0.05) is 267 Å². The Hall–Kier alpha value is -17.5. The van der Waals surface area contributed by atoms with E-state index in [2.05, 4.69) is 488 Å². The highest BCUT2D eigenvalue weighted by Gasteiger charge is 2.26. The number of para-hydroxylation sites is 8. The third-order valence-corrected chi connectivity index (χ3v) is 27.2. The average Bonchev–Trinajstić information content (AvgIpc) is 1.56. The van der Waals surface area contributed by atoms with Gasteiger partial charge in [-0.2, -0.15) is 0 Å². The van der Waals surface area contributed by atoms with Gasteiger partial charge in [-0.25, -0.2) is 9.97 Å². The number of aromatic nitrogens is 8. The van der Waals surface area contributed by atoms with Crippen molar-refractivity contribution in [3.8, 4) is 113 Å². The maximum Gasteiger partial charge on any atom is 0.160 e. The summed E-state index contributed by atoms with van der Waals surface area (Å²) < 4.78 is 14.5. The normalized spacial score (nSPS) is 12.0. The molecule has 8 nitrogen and oxygen atoms in total. The first-order valence-corrected chi connectivity index (χ1v) is 44.6. The van der Waals surface area contributed by atoms with E-state index in [0.717, 1.165) is 161 Å². The maximum atomic E-state index is 5.61. The Morgan fingerprint density at radius 1 is 0.131 bits per heavy atom. The lowest BCUT2D eigenvalue weighted by Gasteiger charge is -2.16. The van der Waals surface area contributed by atoms with Crippen molar-refractivity contribution in [2.45, 2.75) is 0 Å². The number of benzene rings is 20. The van der Waals surface area contributed by atoms with Gasteiger partial charge in [-0.05, 0) is 244 Å². The summed E-state index contributed by atoms with van der Waals surface area (Å²) in [5.41, 5.74) is 34.2. The van der Waals surface area contributed by atoms with Gasteiger partial charge in [0.05, 0.1) is 83.3 Å². The van der Waals surface area contributed by atoms with Crippen molar-refractivity contribution < 1.29 is 0 Å². The quantitative estimate of drug-likeness (QED) is 0.116. The Kier molecular flexibility index (Phi) is 16.3. The van der Waals surface area contributed by atoms with E-state index in [1.807, 2.05) is 0 Å². The van der Waals surface area contributed by atoms with E-state index in [9.17, 15) is 0 Å². The molecule has 7 heterocycles. The highest BCUT2D eigenvalue weighted by Crippen LogP contribution is 2.48. The second kappa shape index (κ2) is 29.1. The molecule has 0 atom stereocenters. The van der Waals surface area contributed by atoms with Crippen molar-refractivity contribution in [2.24, 2.45) is 0 Å². The van der Waals surface area contributed by atoms with Crippen LogP contribution >= 0.6 is 0 Å². The molecule has 8 heteroatoms. The smallest absolute Gasteiger partial charge is 0.160 e. The van der Waals surface area contributed by atoms with E-state index in [-0.39, 0.29) is 0 Å². The molecular weight excluding hydrogens is 1580 g/mol. The second-order valence-electron chi connectivity index (χ2n) is 34.3. The summed E-state index contributed by atoms with van der Waals surface area (Å²) in [6.07, 6.45) is 0. The SMILES string of the molecule is c1ccc(-c2nc(-c3cccc(-n4c5ccc(-c6ccc7c(c6)c6ccccc6n7-c6ccccc6)cc5c5cc(-c6ccc7c(c6)c6ccccc6n7-c6ccccc6)ccc54)c3)cc(-c3ccc(-n4c5ccc(-c6ccc7c(c6)c6ccccc6n7-c6ccccc6)cc5c5cc(-c6ccc7c(c6)c6ccccc6n7-c6ccccc6)ccc54)c4ccccc34)n2)cc1. The Morgan fingerprint density at radius 3 is 0.715 bits per heavy atom. The Balaban J connectivity index is 0.611. The van der Waals surface area contributed by atoms with Gasteiger partial charge >= 0.3 is 0 Å². The van der Waals surface area contributed by atoms with Crippen molar-refractivity contribution in [1.82, 2.24) is 37.4 Å². The van der Waals surface area contributed by atoms with Crippen LogP contribution in [0.3, 0.4) is 0 Å². The molecule has 27 rings (SSSR count). The van der Waals surface area contributed by atoms with Crippen LogP contribution in [-0.4, -0.2) is 37.4 Å². The third-order valence-electron chi connectivity index (χ3n) is 27.2. The molecule has 0 aliphatic heterocycles. The molecule has 0 saturated heterocycles. The first kappa shape index (κ1) is 72.9. The summed E-state index contributed by atoms with van der Waals surface area (Å²) in [7, 11) is 0. The first-order chi connectivity index (χ1) is 64.5. The van der Waals surface area contributed by atoms with Crippen LogP contribution in [0.5, 0.6) is 0 Å². The fourth-order valence-electron chi connectivity index (χ4n) is 21.3. The molecule has 27 aromatic rings. The van der Waals surface area contributed by atoms with Crippen LogP contribution in [0, 0.1) is 0 Å².